The molecule has 5 aromatic rings. The van der Waals surface area contributed by atoms with Crippen LogP contribution >= 0.6 is 43.5 Å². The molecule has 40 heavy (non-hydrogen) atoms. The van der Waals surface area contributed by atoms with E-state index in [9.17, 15) is 9.59 Å². The van der Waals surface area contributed by atoms with Gasteiger partial charge < -0.3 is 14.5 Å². The number of hydrazone groups is 1. The number of aromatic nitrogens is 1. The Bertz CT molecular complexity index is 1770. The molecule has 0 radical (unpaired) electrons. The summed E-state index contributed by atoms with van der Waals surface area (Å²) in [6.07, 6.45) is 1.47. The number of rotatable bonds is 7. The third kappa shape index (κ3) is 5.96. The van der Waals surface area contributed by atoms with E-state index >= 15 is 0 Å². The molecule has 0 aliphatic heterocycles. The summed E-state index contributed by atoms with van der Waals surface area (Å²) in [4.78, 5) is 29.0. The van der Waals surface area contributed by atoms with Crippen molar-refractivity contribution in [3.05, 3.63) is 116 Å². The van der Waals surface area contributed by atoms with Crippen LogP contribution in [0.3, 0.4) is 0 Å². The molecular weight excluding hydrogens is 662 g/mol. The highest BCUT2D eigenvalue weighted by atomic mass is 79.9. The van der Waals surface area contributed by atoms with Crippen LogP contribution in [0.1, 0.15) is 26.4 Å². The van der Waals surface area contributed by atoms with Gasteiger partial charge in [0.05, 0.1) is 18.9 Å². The van der Waals surface area contributed by atoms with Crippen LogP contribution in [-0.4, -0.2) is 30.2 Å². The Hall–Kier alpha value is -3.92. The van der Waals surface area contributed by atoms with Crippen molar-refractivity contribution in [3.8, 4) is 22.6 Å². The first-order valence-electron chi connectivity index (χ1n) is 11.9. The van der Waals surface area contributed by atoms with E-state index in [1.807, 2.05) is 36.4 Å². The standard InChI is InChI=1S/C30H20Br2ClN3O4/c1-39-26-14-17(6-13-25(26)40-30(38)18-7-9-19(31)10-8-18)16-34-36-29(37)28-27(21-4-2-3-5-23(21)33)22-15-20(32)11-12-24(22)35-28/h2-16,35H,1H3,(H,36,37). The fourth-order valence-electron chi connectivity index (χ4n) is 4.09. The van der Waals surface area contributed by atoms with E-state index in [0.29, 0.717) is 33.2 Å². The summed E-state index contributed by atoms with van der Waals surface area (Å²) in [5, 5.41) is 5.49. The smallest absolute Gasteiger partial charge is 0.343 e. The summed E-state index contributed by atoms with van der Waals surface area (Å²) in [5.74, 6) is -0.363. The second-order valence-corrected chi connectivity index (χ2v) is 10.8. The van der Waals surface area contributed by atoms with Crippen LogP contribution in [0.4, 0.5) is 0 Å². The SMILES string of the molecule is COc1cc(C=NNC(=O)c2[nH]c3ccc(Br)cc3c2-c2ccccc2Cl)ccc1OC(=O)c1ccc(Br)cc1. The van der Waals surface area contributed by atoms with Crippen LogP contribution in [0.15, 0.2) is 99.0 Å². The van der Waals surface area contributed by atoms with Gasteiger partial charge in [-0.05, 0) is 72.3 Å². The number of esters is 1. The molecule has 0 unspecified atom stereocenters. The molecule has 0 spiro atoms. The lowest BCUT2D eigenvalue weighted by Crippen LogP contribution is -2.19. The molecule has 4 aromatic carbocycles. The topological polar surface area (TPSA) is 92.8 Å². The molecular formula is C30H20Br2ClN3O4. The number of halogens is 3. The Morgan fingerprint density at radius 3 is 2.42 bits per heavy atom. The lowest BCUT2D eigenvalue weighted by molar-refractivity contribution is 0.0729. The van der Waals surface area contributed by atoms with Crippen molar-refractivity contribution in [2.45, 2.75) is 0 Å². The molecule has 10 heteroatoms. The maximum atomic E-state index is 13.3. The molecule has 0 aliphatic rings. The van der Waals surface area contributed by atoms with E-state index in [4.69, 9.17) is 21.1 Å². The minimum absolute atomic E-state index is 0.255. The summed E-state index contributed by atoms with van der Waals surface area (Å²) in [7, 11) is 1.47. The third-order valence-corrected chi connectivity index (χ3v) is 7.33. The number of fused-ring (bicyclic) bond motifs is 1. The highest BCUT2D eigenvalue weighted by Crippen LogP contribution is 2.37. The fourth-order valence-corrected chi connectivity index (χ4v) is 4.95. The molecule has 1 amide bonds. The number of methoxy groups -OCH3 is 1. The van der Waals surface area contributed by atoms with Crippen molar-refractivity contribution in [1.29, 1.82) is 0 Å². The summed E-state index contributed by atoms with van der Waals surface area (Å²) < 4.78 is 12.6. The van der Waals surface area contributed by atoms with Gasteiger partial charge >= 0.3 is 5.97 Å². The molecule has 0 atom stereocenters. The van der Waals surface area contributed by atoms with Gasteiger partial charge in [-0.25, -0.2) is 10.2 Å². The summed E-state index contributed by atoms with van der Waals surface area (Å²) >= 11 is 13.3. The van der Waals surface area contributed by atoms with Gasteiger partial charge in [-0.3, -0.25) is 4.79 Å². The highest BCUT2D eigenvalue weighted by Gasteiger charge is 2.21. The van der Waals surface area contributed by atoms with Crippen LogP contribution in [0.5, 0.6) is 11.5 Å². The zero-order valence-corrected chi connectivity index (χ0v) is 24.8. The van der Waals surface area contributed by atoms with Crippen LogP contribution in [0, 0.1) is 0 Å². The summed E-state index contributed by atoms with van der Waals surface area (Å²) in [5.41, 5.74) is 6.10. The molecule has 0 bridgehead atoms. The van der Waals surface area contributed by atoms with E-state index in [-0.39, 0.29) is 5.75 Å². The normalized spacial score (nSPS) is 11.1. The predicted molar refractivity (Wildman–Crippen MR) is 164 cm³/mol. The van der Waals surface area contributed by atoms with Gasteiger partial charge in [0.25, 0.3) is 5.91 Å². The predicted octanol–water partition coefficient (Wildman–Crippen LogP) is 8.01. The van der Waals surface area contributed by atoms with E-state index in [1.165, 1.54) is 13.3 Å². The molecule has 0 aliphatic carbocycles. The minimum atomic E-state index is -0.515. The van der Waals surface area contributed by atoms with E-state index in [1.54, 1.807) is 48.5 Å². The molecule has 0 saturated heterocycles. The number of hydrogen-bond acceptors (Lipinski definition) is 5. The Morgan fingerprint density at radius 2 is 1.68 bits per heavy atom. The minimum Gasteiger partial charge on any atom is -0.493 e. The summed E-state index contributed by atoms with van der Waals surface area (Å²) in [6, 6.07) is 24.8. The quantitative estimate of drug-likeness (QED) is 0.0788. The fraction of sp³-hybridized carbons (Fsp3) is 0.0333. The molecule has 1 aromatic heterocycles. The number of hydrogen-bond donors (Lipinski definition) is 2. The Balaban J connectivity index is 1.36. The van der Waals surface area contributed by atoms with Crippen LogP contribution in [0.25, 0.3) is 22.0 Å². The van der Waals surface area contributed by atoms with Crippen LogP contribution in [-0.2, 0) is 0 Å². The second kappa shape index (κ2) is 12.1. The first-order chi connectivity index (χ1) is 19.3. The molecule has 0 saturated carbocycles. The van der Waals surface area contributed by atoms with E-state index in [0.717, 1.165) is 25.4 Å². The number of nitrogens with one attached hydrogen (secondary N) is 2. The van der Waals surface area contributed by atoms with Crippen molar-refractivity contribution in [3.63, 3.8) is 0 Å². The van der Waals surface area contributed by atoms with Crippen LogP contribution < -0.4 is 14.9 Å². The third-order valence-electron chi connectivity index (χ3n) is 5.98. The monoisotopic (exact) mass is 679 g/mol. The summed E-state index contributed by atoms with van der Waals surface area (Å²) in [6.45, 7) is 0. The lowest BCUT2D eigenvalue weighted by atomic mass is 10.0. The number of nitrogens with zero attached hydrogens (tertiary/aromatic N) is 1. The van der Waals surface area contributed by atoms with Crippen molar-refractivity contribution in [1.82, 2.24) is 10.4 Å². The maximum absolute atomic E-state index is 13.3. The number of carbonyl (C=O) groups is 2. The number of amides is 1. The number of carbonyl (C=O) groups excluding carboxylic acids is 2. The lowest BCUT2D eigenvalue weighted by Gasteiger charge is -2.10. The zero-order valence-electron chi connectivity index (χ0n) is 20.9. The van der Waals surface area contributed by atoms with Gasteiger partial charge in [0.2, 0.25) is 0 Å². The maximum Gasteiger partial charge on any atom is 0.343 e. The first kappa shape index (κ1) is 27.6. The van der Waals surface area contributed by atoms with Gasteiger partial charge in [-0.2, -0.15) is 5.10 Å². The molecule has 5 rings (SSSR count). The highest BCUT2D eigenvalue weighted by molar-refractivity contribution is 9.10. The number of ether oxygens (including phenoxy) is 2. The largest absolute Gasteiger partial charge is 0.493 e. The number of H-pyrrole nitrogens is 1. The van der Waals surface area contributed by atoms with Crippen molar-refractivity contribution < 1.29 is 19.1 Å². The average Bonchev–Trinajstić information content (AvgIpc) is 3.32. The van der Waals surface area contributed by atoms with E-state index < -0.39 is 11.9 Å². The Kier molecular flexibility index (Phi) is 8.35. The molecule has 7 nitrogen and oxygen atoms in total. The molecule has 200 valence electrons. The zero-order chi connectivity index (χ0) is 28.2. The van der Waals surface area contributed by atoms with Crippen molar-refractivity contribution >= 4 is 72.5 Å². The van der Waals surface area contributed by atoms with Crippen molar-refractivity contribution in [2.24, 2.45) is 5.10 Å². The Morgan fingerprint density at radius 1 is 0.925 bits per heavy atom. The number of benzene rings is 4. The van der Waals surface area contributed by atoms with Gasteiger partial charge in [0, 0.05) is 36.0 Å². The van der Waals surface area contributed by atoms with Crippen LogP contribution in [0.2, 0.25) is 5.02 Å². The molecule has 1 heterocycles. The van der Waals surface area contributed by atoms with Gasteiger partial charge in [-0.1, -0.05) is 61.7 Å². The molecule has 2 N–H and O–H groups in total. The first-order valence-corrected chi connectivity index (χ1v) is 13.9. The second-order valence-electron chi connectivity index (χ2n) is 8.55. The molecule has 0 fully saturated rings. The average molecular weight is 682 g/mol. The van der Waals surface area contributed by atoms with Gasteiger partial charge in [-0.15, -0.1) is 0 Å². The van der Waals surface area contributed by atoms with Crippen molar-refractivity contribution in [2.75, 3.05) is 7.11 Å². The van der Waals surface area contributed by atoms with Gasteiger partial charge in [0.1, 0.15) is 5.69 Å². The number of aromatic amines is 1. The van der Waals surface area contributed by atoms with Gasteiger partial charge in [0.15, 0.2) is 11.5 Å². The Labute approximate surface area is 251 Å². The van der Waals surface area contributed by atoms with E-state index in [2.05, 4.69) is 47.4 Å².